The second-order valence-electron chi connectivity index (χ2n) is 9.39. The van der Waals surface area contributed by atoms with Gasteiger partial charge in [0.1, 0.15) is 17.3 Å². The van der Waals surface area contributed by atoms with Gasteiger partial charge in [0, 0.05) is 21.6 Å². The van der Waals surface area contributed by atoms with Crippen molar-refractivity contribution in [3.8, 4) is 11.5 Å². The fraction of sp³-hybridized carbons (Fsp3) is 0.419. The minimum absolute atomic E-state index is 0.130. The zero-order chi connectivity index (χ0) is 24.6. The van der Waals surface area contributed by atoms with E-state index < -0.39 is 0 Å². The molecule has 3 unspecified atom stereocenters. The Morgan fingerprint density at radius 2 is 1.37 bits per heavy atom. The van der Waals surface area contributed by atoms with E-state index in [1.165, 1.54) is 48.1 Å². The van der Waals surface area contributed by atoms with Crippen LogP contribution >= 0.6 is 11.8 Å². The Balaban J connectivity index is 1.79. The number of thioether (sulfide) groups is 1. The lowest BCUT2D eigenvalue weighted by Crippen LogP contribution is -2.23. The molecule has 3 aromatic carbocycles. The van der Waals surface area contributed by atoms with Crippen molar-refractivity contribution in [3.63, 3.8) is 0 Å². The Kier molecular flexibility index (Phi) is 9.14. The minimum Gasteiger partial charge on any atom is -0.496 e. The highest BCUT2D eigenvalue weighted by atomic mass is 32.2. The summed E-state index contributed by atoms with van der Waals surface area (Å²) in [6, 6.07) is 22.0. The molecule has 1 aliphatic heterocycles. The van der Waals surface area contributed by atoms with Gasteiger partial charge in [-0.25, -0.2) is 4.39 Å². The molecule has 4 heteroatoms. The molecule has 4 rings (SSSR count). The van der Waals surface area contributed by atoms with Crippen LogP contribution in [0.4, 0.5) is 4.39 Å². The first kappa shape index (κ1) is 25.6. The topological polar surface area (TPSA) is 18.5 Å². The van der Waals surface area contributed by atoms with E-state index in [9.17, 15) is 4.39 Å². The highest BCUT2D eigenvalue weighted by molar-refractivity contribution is 7.99. The van der Waals surface area contributed by atoms with E-state index in [4.69, 9.17) is 9.47 Å². The van der Waals surface area contributed by atoms with Crippen LogP contribution < -0.4 is 9.47 Å². The fourth-order valence-corrected chi connectivity index (χ4v) is 7.06. The van der Waals surface area contributed by atoms with E-state index in [1.54, 1.807) is 26.4 Å². The van der Waals surface area contributed by atoms with Gasteiger partial charge in [0.2, 0.25) is 0 Å². The first-order valence-electron chi connectivity index (χ1n) is 12.9. The summed E-state index contributed by atoms with van der Waals surface area (Å²) in [6.07, 6.45) is 8.49. The van der Waals surface area contributed by atoms with E-state index >= 15 is 0 Å². The molecule has 0 spiro atoms. The largest absolute Gasteiger partial charge is 0.496 e. The van der Waals surface area contributed by atoms with Gasteiger partial charge >= 0.3 is 0 Å². The number of para-hydroxylation sites is 2. The van der Waals surface area contributed by atoms with Crippen LogP contribution in [0.3, 0.4) is 0 Å². The quantitative estimate of drug-likeness (QED) is 0.248. The van der Waals surface area contributed by atoms with E-state index in [-0.39, 0.29) is 22.9 Å². The van der Waals surface area contributed by atoms with Crippen LogP contribution in [0.25, 0.3) is 0 Å². The summed E-state index contributed by atoms with van der Waals surface area (Å²) in [6.45, 7) is 2.25. The van der Waals surface area contributed by atoms with Crippen LogP contribution in [0.1, 0.15) is 85.6 Å². The Hall–Kier alpha value is -2.46. The number of hydrogen-bond donors (Lipinski definition) is 0. The van der Waals surface area contributed by atoms with Crippen molar-refractivity contribution in [2.45, 2.75) is 73.9 Å². The normalized spacial score (nSPS) is 19.3. The molecule has 0 bridgehead atoms. The molecule has 3 atom stereocenters. The Morgan fingerprint density at radius 3 is 2.09 bits per heavy atom. The van der Waals surface area contributed by atoms with Crippen molar-refractivity contribution >= 4 is 11.8 Å². The Morgan fingerprint density at radius 1 is 0.743 bits per heavy atom. The highest BCUT2D eigenvalue weighted by Crippen LogP contribution is 2.61. The molecule has 0 aromatic heterocycles. The third kappa shape index (κ3) is 5.86. The molecule has 186 valence electrons. The first-order chi connectivity index (χ1) is 17.2. The zero-order valence-corrected chi connectivity index (χ0v) is 22.0. The Bertz CT molecular complexity index is 1100. The molecule has 3 aromatic rings. The molecule has 35 heavy (non-hydrogen) atoms. The maximum atomic E-state index is 14.6. The maximum absolute atomic E-state index is 14.6. The van der Waals surface area contributed by atoms with E-state index in [2.05, 4.69) is 31.2 Å². The molecule has 1 aliphatic rings. The minimum atomic E-state index is -0.160. The average Bonchev–Trinajstić information content (AvgIpc) is 2.90. The summed E-state index contributed by atoms with van der Waals surface area (Å²) >= 11 is 1.82. The van der Waals surface area contributed by atoms with Crippen molar-refractivity contribution in [1.29, 1.82) is 0 Å². The first-order valence-corrected chi connectivity index (χ1v) is 13.8. The summed E-state index contributed by atoms with van der Waals surface area (Å²) < 4.78 is 26.2. The fourth-order valence-electron chi connectivity index (χ4n) is 5.49. The monoisotopic (exact) mass is 492 g/mol. The number of halogens is 1. The van der Waals surface area contributed by atoms with Gasteiger partial charge in [0.25, 0.3) is 0 Å². The lowest BCUT2D eigenvalue weighted by atomic mass is 9.74. The van der Waals surface area contributed by atoms with Crippen LogP contribution in [0.15, 0.2) is 71.6 Å². The molecule has 0 aliphatic carbocycles. The SMILES string of the molecule is CCCCCCCCC1c2cc(F)ccc2SC(c2ccccc2OC)C1c1ccccc1OC. The second kappa shape index (κ2) is 12.5. The van der Waals surface area contributed by atoms with E-state index in [0.717, 1.165) is 29.9 Å². The van der Waals surface area contributed by atoms with Crippen molar-refractivity contribution < 1.29 is 13.9 Å². The molecular weight excluding hydrogens is 455 g/mol. The lowest BCUT2D eigenvalue weighted by molar-refractivity contribution is 0.382. The van der Waals surface area contributed by atoms with Gasteiger partial charge in [-0.3, -0.25) is 0 Å². The summed E-state index contributed by atoms with van der Waals surface area (Å²) in [7, 11) is 3.48. The lowest BCUT2D eigenvalue weighted by Gasteiger charge is -2.41. The molecular formula is C31H37FO2S. The number of hydrogen-bond acceptors (Lipinski definition) is 3. The summed E-state index contributed by atoms with van der Waals surface area (Å²) in [5.74, 6) is 1.96. The van der Waals surface area contributed by atoms with Crippen molar-refractivity contribution in [2.24, 2.45) is 0 Å². The maximum Gasteiger partial charge on any atom is 0.123 e. The third-order valence-electron chi connectivity index (χ3n) is 7.20. The summed E-state index contributed by atoms with van der Waals surface area (Å²) in [5.41, 5.74) is 3.49. The van der Waals surface area contributed by atoms with Crippen LogP contribution in [0, 0.1) is 5.82 Å². The van der Waals surface area contributed by atoms with Gasteiger partial charge in [-0.15, -0.1) is 11.8 Å². The van der Waals surface area contributed by atoms with E-state index in [1.807, 2.05) is 42.1 Å². The average molecular weight is 493 g/mol. The highest BCUT2D eigenvalue weighted by Gasteiger charge is 2.41. The smallest absolute Gasteiger partial charge is 0.123 e. The van der Waals surface area contributed by atoms with Crippen LogP contribution in [0.5, 0.6) is 11.5 Å². The predicted molar refractivity (Wildman–Crippen MR) is 144 cm³/mol. The van der Waals surface area contributed by atoms with Crippen LogP contribution in [-0.2, 0) is 0 Å². The molecule has 0 fully saturated rings. The molecule has 0 amide bonds. The summed E-state index contributed by atoms with van der Waals surface area (Å²) in [4.78, 5) is 1.17. The predicted octanol–water partition coefficient (Wildman–Crippen LogP) is 9.31. The van der Waals surface area contributed by atoms with Crippen molar-refractivity contribution in [1.82, 2.24) is 0 Å². The van der Waals surface area contributed by atoms with Gasteiger partial charge in [-0.05, 0) is 53.8 Å². The van der Waals surface area contributed by atoms with Gasteiger partial charge in [-0.2, -0.15) is 0 Å². The number of rotatable bonds is 11. The molecule has 1 heterocycles. The molecule has 0 radical (unpaired) electrons. The van der Waals surface area contributed by atoms with Crippen LogP contribution in [-0.4, -0.2) is 14.2 Å². The van der Waals surface area contributed by atoms with Gasteiger partial charge in [-0.1, -0.05) is 81.8 Å². The Labute approximate surface area is 214 Å². The third-order valence-corrected chi connectivity index (χ3v) is 8.62. The molecule has 0 saturated heterocycles. The van der Waals surface area contributed by atoms with Gasteiger partial charge < -0.3 is 9.47 Å². The van der Waals surface area contributed by atoms with Crippen molar-refractivity contribution in [3.05, 3.63) is 89.2 Å². The number of methoxy groups -OCH3 is 2. The molecule has 0 saturated carbocycles. The number of benzene rings is 3. The number of ether oxygens (including phenoxy) is 2. The zero-order valence-electron chi connectivity index (χ0n) is 21.1. The van der Waals surface area contributed by atoms with Crippen molar-refractivity contribution in [2.75, 3.05) is 14.2 Å². The van der Waals surface area contributed by atoms with Crippen LogP contribution in [0.2, 0.25) is 0 Å². The summed E-state index contributed by atoms with van der Waals surface area (Å²) in [5, 5.41) is 0.130. The second-order valence-corrected chi connectivity index (χ2v) is 10.6. The standard InChI is InChI=1S/C31H37FO2S/c1-4-5-6-7-8-9-14-23-26-21-22(32)19-20-29(26)35-31(25-16-11-13-18-28(25)34-3)30(23)24-15-10-12-17-27(24)33-2/h10-13,15-21,23,30-31H,4-9,14H2,1-3H3. The number of unbranched alkanes of at least 4 members (excludes halogenated alkanes) is 5. The molecule has 2 nitrogen and oxygen atoms in total. The van der Waals surface area contributed by atoms with Gasteiger partial charge in [0.05, 0.1) is 14.2 Å². The number of fused-ring (bicyclic) bond motifs is 1. The molecule has 0 N–H and O–H groups in total. The van der Waals surface area contributed by atoms with E-state index in [0.29, 0.717) is 0 Å². The van der Waals surface area contributed by atoms with Gasteiger partial charge in [0.15, 0.2) is 0 Å².